The van der Waals surface area contributed by atoms with Crippen LogP contribution < -0.4 is 0 Å². The van der Waals surface area contributed by atoms with Crippen molar-refractivity contribution in [2.24, 2.45) is 0 Å². The van der Waals surface area contributed by atoms with Crippen molar-refractivity contribution in [2.75, 3.05) is 13.2 Å². The Labute approximate surface area is 373 Å². The second-order valence-corrected chi connectivity index (χ2v) is 17.8. The van der Waals surface area contributed by atoms with Crippen molar-refractivity contribution in [3.8, 4) is 0 Å². The quantitative estimate of drug-likeness (QED) is 0.0263. The van der Waals surface area contributed by atoms with Gasteiger partial charge in [-0.15, -0.1) is 0 Å². The average Bonchev–Trinajstić information content (AvgIpc) is 3.24. The second-order valence-electron chi connectivity index (χ2n) is 17.8. The zero-order valence-corrected chi connectivity index (χ0v) is 40.2. The number of carbonyl (C=O) groups is 3. The fourth-order valence-corrected chi connectivity index (χ4v) is 7.67. The molecule has 0 bridgehead atoms. The Morgan fingerprint density at radius 3 is 0.850 bits per heavy atom. The van der Waals surface area contributed by atoms with Crippen LogP contribution in [0.1, 0.15) is 284 Å². The van der Waals surface area contributed by atoms with Gasteiger partial charge in [-0.05, 0) is 70.6 Å². The summed E-state index contributed by atoms with van der Waals surface area (Å²) in [6.45, 7) is 6.63. The van der Waals surface area contributed by atoms with Crippen LogP contribution in [-0.2, 0) is 28.6 Å². The van der Waals surface area contributed by atoms with E-state index in [0.29, 0.717) is 19.3 Å². The van der Waals surface area contributed by atoms with Crippen molar-refractivity contribution in [1.82, 2.24) is 0 Å². The second kappa shape index (κ2) is 49.5. The third-order valence-electron chi connectivity index (χ3n) is 11.7. The highest BCUT2D eigenvalue weighted by Crippen LogP contribution is 2.16. The summed E-state index contributed by atoms with van der Waals surface area (Å²) in [6, 6.07) is 0. The van der Waals surface area contributed by atoms with Crippen molar-refractivity contribution < 1.29 is 28.6 Å². The Morgan fingerprint density at radius 2 is 0.550 bits per heavy atom. The molecule has 0 aromatic heterocycles. The molecule has 0 aromatic rings. The van der Waals surface area contributed by atoms with Crippen LogP contribution in [0.4, 0.5) is 0 Å². The van der Waals surface area contributed by atoms with Crippen LogP contribution in [-0.4, -0.2) is 37.2 Å². The third kappa shape index (κ3) is 46.9. The molecular formula is C54H100O6. The fraction of sp³-hybridized carbons (Fsp3) is 0.870. The molecule has 0 aliphatic heterocycles. The molecule has 0 fully saturated rings. The van der Waals surface area contributed by atoms with E-state index in [1.165, 1.54) is 173 Å². The number of esters is 3. The molecule has 0 unspecified atom stereocenters. The van der Waals surface area contributed by atoms with Crippen LogP contribution >= 0.6 is 0 Å². The highest BCUT2D eigenvalue weighted by molar-refractivity contribution is 5.71. The average molecular weight is 845 g/mol. The predicted molar refractivity (Wildman–Crippen MR) is 256 cm³/mol. The van der Waals surface area contributed by atoms with E-state index in [1.54, 1.807) is 0 Å². The minimum Gasteiger partial charge on any atom is -0.462 e. The van der Waals surface area contributed by atoms with E-state index < -0.39 is 6.10 Å². The lowest BCUT2D eigenvalue weighted by Gasteiger charge is -2.18. The summed E-state index contributed by atoms with van der Waals surface area (Å²) in [5, 5.41) is 0. The zero-order chi connectivity index (χ0) is 43.7. The van der Waals surface area contributed by atoms with Gasteiger partial charge in [0.2, 0.25) is 0 Å². The molecule has 0 saturated carbocycles. The molecule has 0 radical (unpaired) electrons. The van der Waals surface area contributed by atoms with Gasteiger partial charge in [0.1, 0.15) is 13.2 Å². The van der Waals surface area contributed by atoms with E-state index in [4.69, 9.17) is 14.2 Å². The lowest BCUT2D eigenvalue weighted by Crippen LogP contribution is -2.30. The molecule has 352 valence electrons. The third-order valence-corrected chi connectivity index (χ3v) is 11.7. The van der Waals surface area contributed by atoms with Gasteiger partial charge >= 0.3 is 17.9 Å². The Balaban J connectivity index is 4.36. The van der Waals surface area contributed by atoms with Crippen LogP contribution in [0.25, 0.3) is 0 Å². The van der Waals surface area contributed by atoms with Gasteiger partial charge in [-0.1, -0.05) is 218 Å². The number of unbranched alkanes of at least 4 members (excludes halogenated alkanes) is 33. The normalized spacial score (nSPS) is 12.1. The van der Waals surface area contributed by atoms with Crippen LogP contribution in [0.15, 0.2) is 24.3 Å². The number of hydrogen-bond acceptors (Lipinski definition) is 6. The maximum Gasteiger partial charge on any atom is 0.306 e. The molecule has 0 spiro atoms. The maximum atomic E-state index is 12.8. The smallest absolute Gasteiger partial charge is 0.306 e. The van der Waals surface area contributed by atoms with E-state index >= 15 is 0 Å². The molecule has 0 aromatic carbocycles. The van der Waals surface area contributed by atoms with Crippen molar-refractivity contribution in [3.05, 3.63) is 24.3 Å². The first kappa shape index (κ1) is 57.9. The molecular weight excluding hydrogens is 745 g/mol. The Morgan fingerprint density at radius 1 is 0.317 bits per heavy atom. The molecule has 0 N–H and O–H groups in total. The van der Waals surface area contributed by atoms with E-state index in [1.807, 2.05) is 0 Å². The summed E-state index contributed by atoms with van der Waals surface area (Å²) >= 11 is 0. The topological polar surface area (TPSA) is 78.9 Å². The SMILES string of the molecule is CCCCCC/C=C/CCCCCCCC(=O)OC[C@H](COC(=O)CCCCCCCCCCCCCCCCC)OC(=O)CCCCCCC/C=C/CCCCCCC. The molecule has 0 saturated heterocycles. The minimum absolute atomic E-state index is 0.0734. The van der Waals surface area contributed by atoms with Crippen LogP contribution in [0.2, 0.25) is 0 Å². The molecule has 6 nitrogen and oxygen atoms in total. The first-order chi connectivity index (χ1) is 29.5. The van der Waals surface area contributed by atoms with Gasteiger partial charge in [0.25, 0.3) is 0 Å². The van der Waals surface area contributed by atoms with Gasteiger partial charge in [-0.2, -0.15) is 0 Å². The number of allylic oxidation sites excluding steroid dienone is 4. The standard InChI is InChI=1S/C54H100O6/c1-4-7-10-13-16-19-22-25-27-30-32-35-38-41-44-47-53(56)59-50-51(49-58-52(55)46-43-40-37-34-31-28-24-21-18-15-12-9-6-3)60-54(57)48-45-42-39-36-33-29-26-23-20-17-14-11-8-5-2/h21,23-24,26,51H,4-20,22,25,27-50H2,1-3H3/b24-21+,26-23+/t51-/m1/s1. The number of hydrogen-bond donors (Lipinski definition) is 0. The zero-order valence-electron chi connectivity index (χ0n) is 40.2. The van der Waals surface area contributed by atoms with Gasteiger partial charge < -0.3 is 14.2 Å². The Bertz CT molecular complexity index is 973. The first-order valence-electron chi connectivity index (χ1n) is 26.3. The lowest BCUT2D eigenvalue weighted by atomic mass is 10.0. The number of ether oxygens (including phenoxy) is 3. The summed E-state index contributed by atoms with van der Waals surface area (Å²) in [7, 11) is 0. The summed E-state index contributed by atoms with van der Waals surface area (Å²) in [5.41, 5.74) is 0. The van der Waals surface area contributed by atoms with E-state index in [-0.39, 0.29) is 31.1 Å². The molecule has 0 aliphatic rings. The van der Waals surface area contributed by atoms with E-state index in [0.717, 1.165) is 70.6 Å². The van der Waals surface area contributed by atoms with Crippen LogP contribution in [0.5, 0.6) is 0 Å². The number of carbonyl (C=O) groups excluding carboxylic acids is 3. The summed E-state index contributed by atoms with van der Waals surface area (Å²) in [5.74, 6) is -0.878. The van der Waals surface area contributed by atoms with E-state index in [9.17, 15) is 14.4 Å². The molecule has 0 heterocycles. The molecule has 0 amide bonds. The predicted octanol–water partition coefficient (Wildman–Crippen LogP) is 17.2. The van der Waals surface area contributed by atoms with Crippen LogP contribution in [0, 0.1) is 0 Å². The van der Waals surface area contributed by atoms with Gasteiger partial charge in [0.15, 0.2) is 6.10 Å². The largest absolute Gasteiger partial charge is 0.462 e. The Hall–Kier alpha value is -2.11. The summed E-state index contributed by atoms with van der Waals surface area (Å²) in [4.78, 5) is 38.0. The lowest BCUT2D eigenvalue weighted by molar-refractivity contribution is -0.167. The molecule has 60 heavy (non-hydrogen) atoms. The van der Waals surface area contributed by atoms with Crippen LogP contribution in [0.3, 0.4) is 0 Å². The summed E-state index contributed by atoms with van der Waals surface area (Å²) in [6.07, 6.45) is 55.8. The highest BCUT2D eigenvalue weighted by atomic mass is 16.6. The summed E-state index contributed by atoms with van der Waals surface area (Å²) < 4.78 is 16.8. The molecule has 0 aliphatic carbocycles. The molecule has 0 rings (SSSR count). The Kier molecular flexibility index (Phi) is 47.8. The van der Waals surface area contributed by atoms with Gasteiger partial charge in [0, 0.05) is 19.3 Å². The van der Waals surface area contributed by atoms with E-state index in [2.05, 4.69) is 45.1 Å². The fourth-order valence-electron chi connectivity index (χ4n) is 7.67. The molecule has 6 heteroatoms. The molecule has 1 atom stereocenters. The monoisotopic (exact) mass is 845 g/mol. The van der Waals surface area contributed by atoms with Crippen molar-refractivity contribution >= 4 is 17.9 Å². The highest BCUT2D eigenvalue weighted by Gasteiger charge is 2.19. The first-order valence-corrected chi connectivity index (χ1v) is 26.3. The van der Waals surface area contributed by atoms with Crippen molar-refractivity contribution in [1.29, 1.82) is 0 Å². The van der Waals surface area contributed by atoms with Crippen molar-refractivity contribution in [2.45, 2.75) is 290 Å². The van der Waals surface area contributed by atoms with Crippen molar-refractivity contribution in [3.63, 3.8) is 0 Å². The minimum atomic E-state index is -0.774. The maximum absolute atomic E-state index is 12.8. The van der Waals surface area contributed by atoms with Gasteiger partial charge in [0.05, 0.1) is 0 Å². The number of rotatable bonds is 48. The van der Waals surface area contributed by atoms with Gasteiger partial charge in [-0.3, -0.25) is 14.4 Å². The van der Waals surface area contributed by atoms with Gasteiger partial charge in [-0.25, -0.2) is 0 Å².